The zero-order chi connectivity index (χ0) is 13.5. The van der Waals surface area contributed by atoms with Gasteiger partial charge >= 0.3 is 0 Å². The highest BCUT2D eigenvalue weighted by atomic mass is 15.3. The average molecular weight is 255 g/mol. The molecular weight excluding hydrogens is 222 g/mol. The summed E-state index contributed by atoms with van der Waals surface area (Å²) in [5.74, 6) is 0.758. The maximum absolute atomic E-state index is 3.55. The van der Waals surface area contributed by atoms with Crippen LogP contribution < -0.4 is 5.32 Å². The lowest BCUT2D eigenvalue weighted by atomic mass is 10.1. The molecule has 3 heteroatoms. The summed E-state index contributed by atoms with van der Waals surface area (Å²) in [7, 11) is 2.26. The molecule has 2 unspecified atom stereocenters. The van der Waals surface area contributed by atoms with E-state index in [1.54, 1.807) is 0 Å². The zero-order valence-corrected chi connectivity index (χ0v) is 13.1. The van der Waals surface area contributed by atoms with Gasteiger partial charge in [0.1, 0.15) is 0 Å². The summed E-state index contributed by atoms with van der Waals surface area (Å²) >= 11 is 0. The lowest BCUT2D eigenvalue weighted by molar-refractivity contribution is 0.0650. The minimum absolute atomic E-state index is 0.715. The molecule has 0 aromatic rings. The van der Waals surface area contributed by atoms with Crippen molar-refractivity contribution < 1.29 is 0 Å². The first-order valence-corrected chi connectivity index (χ1v) is 7.69. The van der Waals surface area contributed by atoms with E-state index < -0.39 is 0 Å². The van der Waals surface area contributed by atoms with Gasteiger partial charge in [0.2, 0.25) is 0 Å². The molecular formula is C15H33N3. The third-order valence-electron chi connectivity index (χ3n) is 4.19. The Hall–Kier alpha value is -0.120. The molecule has 0 aromatic carbocycles. The van der Waals surface area contributed by atoms with Crippen LogP contribution in [0.25, 0.3) is 0 Å². The van der Waals surface area contributed by atoms with Crippen LogP contribution in [-0.2, 0) is 0 Å². The van der Waals surface area contributed by atoms with Crippen LogP contribution in [-0.4, -0.2) is 61.7 Å². The van der Waals surface area contributed by atoms with Crippen molar-refractivity contribution in [1.82, 2.24) is 15.1 Å². The number of piperazine rings is 1. The van der Waals surface area contributed by atoms with Gasteiger partial charge < -0.3 is 10.2 Å². The van der Waals surface area contributed by atoms with Gasteiger partial charge in [-0.3, -0.25) is 4.90 Å². The third-order valence-corrected chi connectivity index (χ3v) is 4.19. The van der Waals surface area contributed by atoms with Crippen LogP contribution >= 0.6 is 0 Å². The lowest BCUT2D eigenvalue weighted by Crippen LogP contribution is -2.54. The summed E-state index contributed by atoms with van der Waals surface area (Å²) in [4.78, 5) is 5.19. The predicted molar refractivity (Wildman–Crippen MR) is 80.1 cm³/mol. The summed E-state index contributed by atoms with van der Waals surface area (Å²) in [6.07, 6.45) is 2.54. The van der Waals surface area contributed by atoms with E-state index in [1.807, 2.05) is 0 Å². The molecule has 0 amide bonds. The Morgan fingerprint density at radius 3 is 2.56 bits per heavy atom. The number of rotatable bonds is 7. The summed E-state index contributed by atoms with van der Waals surface area (Å²) in [6.45, 7) is 15.2. The molecule has 1 heterocycles. The molecule has 1 aliphatic rings. The van der Waals surface area contributed by atoms with Crippen molar-refractivity contribution in [3.63, 3.8) is 0 Å². The van der Waals surface area contributed by atoms with Crippen LogP contribution in [0.4, 0.5) is 0 Å². The molecule has 0 saturated carbocycles. The van der Waals surface area contributed by atoms with Crippen molar-refractivity contribution in [3.8, 4) is 0 Å². The fourth-order valence-corrected chi connectivity index (χ4v) is 2.70. The lowest BCUT2D eigenvalue weighted by Gasteiger charge is -2.42. The Kier molecular flexibility index (Phi) is 7.20. The number of hydrogen-bond donors (Lipinski definition) is 1. The van der Waals surface area contributed by atoms with Crippen molar-refractivity contribution >= 4 is 0 Å². The molecule has 0 aliphatic carbocycles. The van der Waals surface area contributed by atoms with Gasteiger partial charge in [-0.25, -0.2) is 0 Å². The second-order valence-corrected chi connectivity index (χ2v) is 6.27. The molecule has 1 rings (SSSR count). The molecule has 3 nitrogen and oxygen atoms in total. The Labute approximate surface area is 114 Å². The molecule has 0 aromatic heterocycles. The zero-order valence-electron chi connectivity index (χ0n) is 13.1. The maximum Gasteiger partial charge on any atom is 0.0218 e. The monoisotopic (exact) mass is 255 g/mol. The SMILES string of the molecule is CCC1CN(C(C)CCNCC(C)C)CCN1C. The number of nitrogens with one attached hydrogen (secondary N) is 1. The van der Waals surface area contributed by atoms with E-state index >= 15 is 0 Å². The molecule has 1 N–H and O–H groups in total. The van der Waals surface area contributed by atoms with Crippen molar-refractivity contribution in [2.75, 3.05) is 39.8 Å². The highest BCUT2D eigenvalue weighted by molar-refractivity contribution is 4.82. The van der Waals surface area contributed by atoms with Crippen LogP contribution in [0.3, 0.4) is 0 Å². The molecule has 108 valence electrons. The predicted octanol–water partition coefficient (Wildman–Crippen LogP) is 2.04. The van der Waals surface area contributed by atoms with Gasteiger partial charge in [0.25, 0.3) is 0 Å². The Morgan fingerprint density at radius 1 is 1.22 bits per heavy atom. The van der Waals surface area contributed by atoms with Crippen LogP contribution in [0.1, 0.15) is 40.5 Å². The maximum atomic E-state index is 3.55. The van der Waals surface area contributed by atoms with Gasteiger partial charge in [0.05, 0.1) is 0 Å². The first kappa shape index (κ1) is 15.9. The summed E-state index contributed by atoms with van der Waals surface area (Å²) < 4.78 is 0. The average Bonchev–Trinajstić information content (AvgIpc) is 2.34. The van der Waals surface area contributed by atoms with Gasteiger partial charge in [-0.2, -0.15) is 0 Å². The summed E-state index contributed by atoms with van der Waals surface area (Å²) in [6, 6.07) is 1.47. The normalized spacial score (nSPS) is 24.7. The molecule has 1 aliphatic heterocycles. The van der Waals surface area contributed by atoms with Crippen molar-refractivity contribution in [3.05, 3.63) is 0 Å². The van der Waals surface area contributed by atoms with Crippen LogP contribution in [0.5, 0.6) is 0 Å². The first-order valence-electron chi connectivity index (χ1n) is 7.69. The van der Waals surface area contributed by atoms with E-state index in [2.05, 4.69) is 49.9 Å². The topological polar surface area (TPSA) is 18.5 Å². The van der Waals surface area contributed by atoms with Gasteiger partial charge in [0.15, 0.2) is 0 Å². The summed E-state index contributed by atoms with van der Waals surface area (Å²) in [5.41, 5.74) is 0. The number of nitrogens with zero attached hydrogens (tertiary/aromatic N) is 2. The fraction of sp³-hybridized carbons (Fsp3) is 1.00. The highest BCUT2D eigenvalue weighted by Crippen LogP contribution is 2.14. The quantitative estimate of drug-likeness (QED) is 0.702. The van der Waals surface area contributed by atoms with Crippen LogP contribution in [0.15, 0.2) is 0 Å². The molecule has 0 bridgehead atoms. The second kappa shape index (κ2) is 8.13. The Bertz CT molecular complexity index is 218. The van der Waals surface area contributed by atoms with E-state index in [-0.39, 0.29) is 0 Å². The molecule has 2 atom stereocenters. The summed E-state index contributed by atoms with van der Waals surface area (Å²) in [5, 5.41) is 3.55. The molecule has 0 spiro atoms. The van der Waals surface area contributed by atoms with E-state index in [9.17, 15) is 0 Å². The molecule has 1 saturated heterocycles. The Morgan fingerprint density at radius 2 is 1.94 bits per heavy atom. The Balaban J connectivity index is 2.23. The van der Waals surface area contributed by atoms with Crippen LogP contribution in [0.2, 0.25) is 0 Å². The van der Waals surface area contributed by atoms with Crippen molar-refractivity contribution in [2.45, 2.75) is 52.6 Å². The van der Waals surface area contributed by atoms with Crippen LogP contribution in [0, 0.1) is 5.92 Å². The number of hydrogen-bond acceptors (Lipinski definition) is 3. The molecule has 18 heavy (non-hydrogen) atoms. The van der Waals surface area contributed by atoms with Crippen molar-refractivity contribution in [2.24, 2.45) is 5.92 Å². The first-order chi connectivity index (χ1) is 8.54. The third kappa shape index (κ3) is 5.25. The van der Waals surface area contributed by atoms with Gasteiger partial charge in [-0.05, 0) is 45.8 Å². The molecule has 1 fully saturated rings. The highest BCUT2D eigenvalue weighted by Gasteiger charge is 2.25. The standard InChI is InChI=1S/C15H33N3/c1-6-15-12-18(10-9-17(15)5)14(4)7-8-16-11-13(2)3/h13-16H,6-12H2,1-5H3. The minimum atomic E-state index is 0.715. The van der Waals surface area contributed by atoms with E-state index in [1.165, 1.54) is 32.5 Å². The van der Waals surface area contributed by atoms with Gasteiger partial charge in [-0.15, -0.1) is 0 Å². The van der Waals surface area contributed by atoms with E-state index in [4.69, 9.17) is 0 Å². The van der Waals surface area contributed by atoms with E-state index in [0.29, 0.717) is 6.04 Å². The minimum Gasteiger partial charge on any atom is -0.316 e. The van der Waals surface area contributed by atoms with E-state index in [0.717, 1.165) is 25.0 Å². The molecule has 0 radical (unpaired) electrons. The largest absolute Gasteiger partial charge is 0.316 e. The second-order valence-electron chi connectivity index (χ2n) is 6.27. The van der Waals surface area contributed by atoms with Crippen molar-refractivity contribution in [1.29, 1.82) is 0 Å². The smallest absolute Gasteiger partial charge is 0.0218 e. The fourth-order valence-electron chi connectivity index (χ4n) is 2.70. The van der Waals surface area contributed by atoms with Gasteiger partial charge in [-0.1, -0.05) is 20.8 Å². The van der Waals surface area contributed by atoms with Gasteiger partial charge in [0, 0.05) is 31.7 Å². The number of likely N-dealkylation sites (N-methyl/N-ethyl adjacent to an activating group) is 1.